The summed E-state index contributed by atoms with van der Waals surface area (Å²) >= 11 is 0. The number of aryl methyl sites for hydroxylation is 2. The van der Waals surface area contributed by atoms with Crippen molar-refractivity contribution in [3.8, 4) is 0 Å². The first-order valence-electron chi connectivity index (χ1n) is 5.07. The quantitative estimate of drug-likeness (QED) is 0.712. The van der Waals surface area contributed by atoms with Gasteiger partial charge in [0.05, 0.1) is 0 Å². The molecular weight excluding hydrogens is 174 g/mol. The maximum atomic E-state index is 10.4. The van der Waals surface area contributed by atoms with E-state index >= 15 is 0 Å². The third-order valence-corrected chi connectivity index (χ3v) is 2.27. The number of nitrogens with one attached hydrogen (secondary N) is 1. The number of rotatable bonds is 5. The van der Waals surface area contributed by atoms with Crippen LogP contribution in [0.4, 0.5) is 5.69 Å². The van der Waals surface area contributed by atoms with Crippen molar-refractivity contribution in [3.63, 3.8) is 0 Å². The minimum atomic E-state index is 0.736. The van der Waals surface area contributed by atoms with Crippen molar-refractivity contribution >= 4 is 12.1 Å². The molecule has 2 heteroatoms. The van der Waals surface area contributed by atoms with Crippen molar-refractivity contribution in [2.45, 2.75) is 33.1 Å². The summed E-state index contributed by atoms with van der Waals surface area (Å²) in [6.07, 6.45) is 4.11. The molecule has 0 atom stereocenters. The van der Waals surface area contributed by atoms with Gasteiger partial charge in [-0.3, -0.25) is 4.79 Å². The molecular formula is C12H17NO. The lowest BCUT2D eigenvalue weighted by Crippen LogP contribution is -1.99. The lowest BCUT2D eigenvalue weighted by molar-refractivity contribution is -0.105. The highest BCUT2D eigenvalue weighted by atomic mass is 16.1. The summed E-state index contributed by atoms with van der Waals surface area (Å²) in [4.78, 5) is 10.4. The molecule has 76 valence electrons. The number of anilines is 1. The van der Waals surface area contributed by atoms with Gasteiger partial charge in [-0.05, 0) is 31.4 Å². The van der Waals surface area contributed by atoms with Crippen molar-refractivity contribution in [2.24, 2.45) is 0 Å². The van der Waals surface area contributed by atoms with Gasteiger partial charge in [-0.15, -0.1) is 0 Å². The van der Waals surface area contributed by atoms with Crippen molar-refractivity contribution in [1.82, 2.24) is 0 Å². The van der Waals surface area contributed by atoms with E-state index in [4.69, 9.17) is 0 Å². The van der Waals surface area contributed by atoms with Crippen LogP contribution in [0, 0.1) is 6.92 Å². The third kappa shape index (κ3) is 2.87. The molecule has 0 heterocycles. The van der Waals surface area contributed by atoms with E-state index in [1.165, 1.54) is 17.5 Å². The van der Waals surface area contributed by atoms with Gasteiger partial charge in [-0.25, -0.2) is 0 Å². The minimum absolute atomic E-state index is 0.736. The summed E-state index contributed by atoms with van der Waals surface area (Å²) in [5.41, 5.74) is 3.42. The van der Waals surface area contributed by atoms with Crippen molar-refractivity contribution in [1.29, 1.82) is 0 Å². The van der Waals surface area contributed by atoms with Gasteiger partial charge in [-0.2, -0.15) is 0 Å². The van der Waals surface area contributed by atoms with E-state index in [9.17, 15) is 4.79 Å². The van der Waals surface area contributed by atoms with Gasteiger partial charge in [0.2, 0.25) is 6.41 Å². The summed E-state index contributed by atoms with van der Waals surface area (Å²) in [6.45, 7) is 4.24. The van der Waals surface area contributed by atoms with Crippen LogP contribution >= 0.6 is 0 Å². The number of carbonyl (C=O) groups is 1. The fraction of sp³-hybridized carbons (Fsp3) is 0.417. The molecule has 0 unspecified atom stereocenters. The summed E-state index contributed by atoms with van der Waals surface area (Å²) < 4.78 is 0. The Morgan fingerprint density at radius 3 is 2.86 bits per heavy atom. The number of unbranched alkanes of at least 4 members (excludes halogenated alkanes) is 1. The first-order valence-corrected chi connectivity index (χ1v) is 5.07. The molecule has 0 bridgehead atoms. The van der Waals surface area contributed by atoms with Gasteiger partial charge < -0.3 is 5.32 Å². The predicted molar refractivity (Wildman–Crippen MR) is 59.5 cm³/mol. The molecule has 0 fully saturated rings. The molecule has 1 aromatic carbocycles. The molecule has 0 radical (unpaired) electrons. The Bertz CT molecular complexity index is 307. The Hall–Kier alpha value is -1.31. The van der Waals surface area contributed by atoms with Crippen LogP contribution in [0.5, 0.6) is 0 Å². The first-order chi connectivity index (χ1) is 6.77. The van der Waals surface area contributed by atoms with Crippen LogP contribution in [0.25, 0.3) is 0 Å². The van der Waals surface area contributed by atoms with E-state index in [0.29, 0.717) is 0 Å². The first kappa shape index (κ1) is 10.8. The molecule has 0 aliphatic carbocycles. The predicted octanol–water partition coefficient (Wildman–Crippen LogP) is 2.91. The maximum absolute atomic E-state index is 10.4. The second-order valence-electron chi connectivity index (χ2n) is 3.53. The van der Waals surface area contributed by atoms with Crippen molar-refractivity contribution in [2.75, 3.05) is 5.32 Å². The summed E-state index contributed by atoms with van der Waals surface area (Å²) in [7, 11) is 0. The third-order valence-electron chi connectivity index (χ3n) is 2.27. The molecule has 0 aliphatic heterocycles. The van der Waals surface area contributed by atoms with Gasteiger partial charge in [0.15, 0.2) is 0 Å². The Balaban J connectivity index is 2.84. The highest BCUT2D eigenvalue weighted by Gasteiger charge is 2.01. The van der Waals surface area contributed by atoms with E-state index in [-0.39, 0.29) is 0 Å². The zero-order chi connectivity index (χ0) is 10.4. The number of benzene rings is 1. The van der Waals surface area contributed by atoms with Crippen LogP contribution in [0.3, 0.4) is 0 Å². The minimum Gasteiger partial charge on any atom is -0.328 e. The number of carbonyl (C=O) groups excluding carboxylic acids is 1. The standard InChI is InChI=1S/C12H17NO/c1-3-4-5-11-8-10(2)6-7-12(11)13-9-14/h6-9H,3-5H2,1-2H3,(H,13,14). The van der Waals surface area contributed by atoms with Crippen molar-refractivity contribution < 1.29 is 4.79 Å². The number of amides is 1. The molecule has 14 heavy (non-hydrogen) atoms. The fourth-order valence-electron chi connectivity index (χ4n) is 1.50. The van der Waals surface area contributed by atoms with E-state index in [0.717, 1.165) is 24.9 Å². The molecule has 0 spiro atoms. The lowest BCUT2D eigenvalue weighted by atomic mass is 10.0. The Morgan fingerprint density at radius 1 is 1.43 bits per heavy atom. The zero-order valence-electron chi connectivity index (χ0n) is 8.84. The van der Waals surface area contributed by atoms with E-state index in [1.54, 1.807) is 0 Å². The second-order valence-corrected chi connectivity index (χ2v) is 3.53. The highest BCUT2D eigenvalue weighted by Crippen LogP contribution is 2.18. The van der Waals surface area contributed by atoms with Crippen molar-refractivity contribution in [3.05, 3.63) is 29.3 Å². The Morgan fingerprint density at radius 2 is 2.21 bits per heavy atom. The van der Waals surface area contributed by atoms with Gasteiger partial charge >= 0.3 is 0 Å². The second kappa shape index (κ2) is 5.43. The number of hydrogen-bond acceptors (Lipinski definition) is 1. The van der Waals surface area contributed by atoms with Crippen LogP contribution in [0.15, 0.2) is 18.2 Å². The van der Waals surface area contributed by atoms with Gasteiger partial charge in [-0.1, -0.05) is 31.0 Å². The largest absolute Gasteiger partial charge is 0.328 e. The molecule has 0 saturated heterocycles. The van der Waals surface area contributed by atoms with Gasteiger partial charge in [0, 0.05) is 5.69 Å². The number of hydrogen-bond donors (Lipinski definition) is 1. The summed E-state index contributed by atoms with van der Waals surface area (Å²) in [5.74, 6) is 0. The summed E-state index contributed by atoms with van der Waals surface area (Å²) in [5, 5.41) is 2.73. The Labute approximate surface area is 85.3 Å². The zero-order valence-corrected chi connectivity index (χ0v) is 8.84. The van der Waals surface area contributed by atoms with E-state index in [2.05, 4.69) is 25.2 Å². The van der Waals surface area contributed by atoms with Gasteiger partial charge in [0.25, 0.3) is 0 Å². The van der Waals surface area contributed by atoms with E-state index in [1.807, 2.05) is 12.1 Å². The fourth-order valence-corrected chi connectivity index (χ4v) is 1.50. The monoisotopic (exact) mass is 191 g/mol. The molecule has 1 rings (SSSR count). The molecule has 1 amide bonds. The van der Waals surface area contributed by atoms with Crippen LogP contribution in [-0.4, -0.2) is 6.41 Å². The molecule has 0 saturated carbocycles. The average Bonchev–Trinajstić information content (AvgIpc) is 2.18. The van der Waals surface area contributed by atoms with E-state index < -0.39 is 0 Å². The molecule has 0 aliphatic rings. The van der Waals surface area contributed by atoms with Crippen LogP contribution < -0.4 is 5.32 Å². The topological polar surface area (TPSA) is 29.1 Å². The van der Waals surface area contributed by atoms with Crippen LogP contribution in [0.1, 0.15) is 30.9 Å². The summed E-state index contributed by atoms with van der Waals surface area (Å²) in [6, 6.07) is 6.12. The van der Waals surface area contributed by atoms with Crippen LogP contribution in [-0.2, 0) is 11.2 Å². The Kier molecular flexibility index (Phi) is 4.17. The molecule has 0 aromatic heterocycles. The highest BCUT2D eigenvalue weighted by molar-refractivity contribution is 5.73. The normalized spacial score (nSPS) is 9.86. The lowest BCUT2D eigenvalue weighted by Gasteiger charge is -2.08. The molecule has 1 N–H and O–H groups in total. The van der Waals surface area contributed by atoms with Gasteiger partial charge in [0.1, 0.15) is 0 Å². The smallest absolute Gasteiger partial charge is 0.211 e. The van der Waals surface area contributed by atoms with Crippen LogP contribution in [0.2, 0.25) is 0 Å². The SMILES string of the molecule is CCCCc1cc(C)ccc1NC=O. The maximum Gasteiger partial charge on any atom is 0.211 e. The molecule has 1 aromatic rings. The molecule has 2 nitrogen and oxygen atoms in total. The average molecular weight is 191 g/mol.